The number of imide groups is 1. The van der Waals surface area contributed by atoms with Crippen molar-refractivity contribution in [1.82, 2.24) is 4.90 Å². The van der Waals surface area contributed by atoms with Crippen LogP contribution in [-0.2, 0) is 9.59 Å². The Morgan fingerprint density at radius 1 is 1.07 bits per heavy atom. The average Bonchev–Trinajstić information content (AvgIpc) is 2.72. The number of nitrogens with zero attached hydrogens (tertiary/aromatic N) is 1. The molecule has 2 aliphatic rings. The van der Waals surface area contributed by atoms with E-state index in [9.17, 15) is 9.59 Å². The van der Waals surface area contributed by atoms with Crippen molar-refractivity contribution in [3.05, 3.63) is 0 Å². The molecule has 0 aromatic rings. The normalized spacial score (nSPS) is 40.1. The van der Waals surface area contributed by atoms with E-state index < -0.39 is 0 Å². The number of hydrogen-bond donors (Lipinski definition) is 0. The van der Waals surface area contributed by atoms with Crippen LogP contribution < -0.4 is 0 Å². The van der Waals surface area contributed by atoms with Gasteiger partial charge in [0.25, 0.3) is 0 Å². The minimum Gasteiger partial charge on any atom is -0.285 e. The fourth-order valence-corrected chi connectivity index (χ4v) is 3.38. The molecule has 2 fully saturated rings. The molecule has 0 bridgehead atoms. The van der Waals surface area contributed by atoms with E-state index in [4.69, 9.17) is 0 Å². The Morgan fingerprint density at radius 2 is 1.47 bits per heavy atom. The van der Waals surface area contributed by atoms with Crippen LogP contribution in [-0.4, -0.2) is 23.8 Å². The molecule has 2 amide bonds. The Hall–Kier alpha value is -0.860. The first-order valence-corrected chi connectivity index (χ1v) is 5.93. The maximum absolute atomic E-state index is 11.9. The van der Waals surface area contributed by atoms with Gasteiger partial charge in [0, 0.05) is 7.05 Å². The van der Waals surface area contributed by atoms with Crippen molar-refractivity contribution in [2.24, 2.45) is 23.7 Å². The van der Waals surface area contributed by atoms with Crippen LogP contribution in [0.4, 0.5) is 0 Å². The van der Waals surface area contributed by atoms with Crippen LogP contribution in [0.5, 0.6) is 0 Å². The topological polar surface area (TPSA) is 37.4 Å². The molecule has 2 rings (SSSR count). The quantitative estimate of drug-likeness (QED) is 0.649. The highest BCUT2D eigenvalue weighted by Crippen LogP contribution is 2.49. The van der Waals surface area contributed by atoms with Crippen molar-refractivity contribution in [1.29, 1.82) is 0 Å². The molecule has 3 heteroatoms. The van der Waals surface area contributed by atoms with Crippen LogP contribution in [0.15, 0.2) is 0 Å². The SMILES string of the molecule is CC[C@H]1C[C@@H](CC)[C@@H]2C(=O)N(C)C(=O)[C@H]12. The third-order valence-corrected chi connectivity index (χ3v) is 4.29. The summed E-state index contributed by atoms with van der Waals surface area (Å²) in [7, 11) is 1.63. The van der Waals surface area contributed by atoms with Gasteiger partial charge in [0.2, 0.25) is 11.8 Å². The molecule has 1 aliphatic carbocycles. The molecule has 4 atom stereocenters. The van der Waals surface area contributed by atoms with Gasteiger partial charge in [-0.2, -0.15) is 0 Å². The predicted octanol–water partition coefficient (Wildman–Crippen LogP) is 1.67. The smallest absolute Gasteiger partial charge is 0.233 e. The largest absolute Gasteiger partial charge is 0.285 e. The maximum atomic E-state index is 11.9. The van der Waals surface area contributed by atoms with Crippen LogP contribution in [0.2, 0.25) is 0 Å². The van der Waals surface area contributed by atoms with Gasteiger partial charge >= 0.3 is 0 Å². The molecule has 0 unspecified atom stereocenters. The van der Waals surface area contributed by atoms with Crippen LogP contribution in [0.1, 0.15) is 33.1 Å². The monoisotopic (exact) mass is 209 g/mol. The summed E-state index contributed by atoms with van der Waals surface area (Å²) in [5.74, 6) is 0.984. The van der Waals surface area contributed by atoms with Gasteiger partial charge < -0.3 is 0 Å². The number of carbonyl (C=O) groups is 2. The summed E-state index contributed by atoms with van der Waals surface area (Å²) in [5.41, 5.74) is 0. The van der Waals surface area contributed by atoms with E-state index in [1.165, 1.54) is 4.90 Å². The van der Waals surface area contributed by atoms with Crippen LogP contribution >= 0.6 is 0 Å². The van der Waals surface area contributed by atoms with Crippen LogP contribution in [0.3, 0.4) is 0 Å². The van der Waals surface area contributed by atoms with Gasteiger partial charge in [-0.25, -0.2) is 0 Å². The fourth-order valence-electron chi connectivity index (χ4n) is 3.38. The van der Waals surface area contributed by atoms with Gasteiger partial charge in [0.1, 0.15) is 0 Å². The molecule has 0 N–H and O–H groups in total. The Balaban J connectivity index is 2.31. The van der Waals surface area contributed by atoms with E-state index >= 15 is 0 Å². The summed E-state index contributed by atoms with van der Waals surface area (Å²) >= 11 is 0. The third-order valence-electron chi connectivity index (χ3n) is 4.29. The zero-order valence-corrected chi connectivity index (χ0v) is 9.69. The molecular formula is C12H19NO2. The molecule has 0 aromatic carbocycles. The number of likely N-dealkylation sites (tertiary alicyclic amines) is 1. The summed E-state index contributed by atoms with van der Waals surface area (Å²) in [6.45, 7) is 4.24. The van der Waals surface area contributed by atoms with Crippen molar-refractivity contribution in [2.75, 3.05) is 7.05 Å². The van der Waals surface area contributed by atoms with E-state index in [0.29, 0.717) is 11.8 Å². The van der Waals surface area contributed by atoms with Crippen LogP contribution in [0.25, 0.3) is 0 Å². The van der Waals surface area contributed by atoms with Gasteiger partial charge in [-0.3, -0.25) is 14.5 Å². The van der Waals surface area contributed by atoms with Gasteiger partial charge in [-0.15, -0.1) is 0 Å². The molecular weight excluding hydrogens is 190 g/mol. The predicted molar refractivity (Wildman–Crippen MR) is 56.9 cm³/mol. The summed E-state index contributed by atoms with van der Waals surface area (Å²) in [6, 6.07) is 0. The standard InChI is InChI=1S/C12H19NO2/c1-4-7-6-8(5-2)10-9(7)11(14)13(3)12(10)15/h7-10H,4-6H2,1-3H3/t7-,8+,9+,10-. The molecule has 1 heterocycles. The molecule has 15 heavy (non-hydrogen) atoms. The van der Waals surface area contributed by atoms with Crippen LogP contribution in [0, 0.1) is 23.7 Å². The van der Waals surface area contributed by atoms with Gasteiger partial charge in [0.05, 0.1) is 11.8 Å². The molecule has 1 saturated carbocycles. The lowest BCUT2D eigenvalue weighted by Crippen LogP contribution is -2.29. The molecule has 0 radical (unpaired) electrons. The minimum absolute atomic E-state index is 0.00236. The van der Waals surface area contributed by atoms with Crippen molar-refractivity contribution in [3.8, 4) is 0 Å². The number of rotatable bonds is 2. The summed E-state index contributed by atoms with van der Waals surface area (Å²) in [4.78, 5) is 25.2. The first-order chi connectivity index (χ1) is 7.11. The Labute approximate surface area is 90.8 Å². The molecule has 1 aliphatic heterocycles. The Kier molecular flexibility index (Phi) is 2.57. The minimum atomic E-state index is -0.00236. The van der Waals surface area contributed by atoms with Crippen molar-refractivity contribution in [3.63, 3.8) is 0 Å². The first-order valence-electron chi connectivity index (χ1n) is 5.93. The highest BCUT2D eigenvalue weighted by Gasteiger charge is 2.56. The highest BCUT2D eigenvalue weighted by atomic mass is 16.2. The highest BCUT2D eigenvalue weighted by molar-refractivity contribution is 6.05. The van der Waals surface area contributed by atoms with Crippen molar-refractivity contribution < 1.29 is 9.59 Å². The number of amides is 2. The van der Waals surface area contributed by atoms with Gasteiger partial charge in [-0.1, -0.05) is 26.7 Å². The zero-order chi connectivity index (χ0) is 11.2. The molecule has 0 aromatic heterocycles. The lowest BCUT2D eigenvalue weighted by Gasteiger charge is -2.15. The molecule has 1 saturated heterocycles. The second kappa shape index (κ2) is 3.62. The summed E-state index contributed by atoms with van der Waals surface area (Å²) < 4.78 is 0. The maximum Gasteiger partial charge on any atom is 0.233 e. The second-order valence-electron chi connectivity index (χ2n) is 4.86. The van der Waals surface area contributed by atoms with E-state index in [0.717, 1.165) is 19.3 Å². The third kappa shape index (κ3) is 1.32. The summed E-state index contributed by atoms with van der Waals surface area (Å²) in [6.07, 6.45) is 3.10. The van der Waals surface area contributed by atoms with Gasteiger partial charge in [0.15, 0.2) is 0 Å². The lowest BCUT2D eigenvalue weighted by molar-refractivity contribution is -0.139. The van der Waals surface area contributed by atoms with E-state index in [2.05, 4.69) is 13.8 Å². The zero-order valence-electron chi connectivity index (χ0n) is 9.69. The number of carbonyl (C=O) groups excluding carboxylic acids is 2. The Bertz CT molecular complexity index is 272. The first kappa shape index (κ1) is 10.7. The van der Waals surface area contributed by atoms with Crippen molar-refractivity contribution >= 4 is 11.8 Å². The lowest BCUT2D eigenvalue weighted by atomic mass is 9.88. The molecule has 3 nitrogen and oxygen atoms in total. The van der Waals surface area contributed by atoms with E-state index in [-0.39, 0.29) is 23.7 Å². The summed E-state index contributed by atoms with van der Waals surface area (Å²) in [5, 5.41) is 0. The fraction of sp³-hybridized carbons (Fsp3) is 0.833. The van der Waals surface area contributed by atoms with Gasteiger partial charge in [-0.05, 0) is 18.3 Å². The molecule has 84 valence electrons. The van der Waals surface area contributed by atoms with E-state index in [1.807, 2.05) is 0 Å². The second-order valence-corrected chi connectivity index (χ2v) is 4.86. The number of hydrogen-bond acceptors (Lipinski definition) is 2. The Morgan fingerprint density at radius 3 is 1.80 bits per heavy atom. The average molecular weight is 209 g/mol. The molecule has 0 spiro atoms. The van der Waals surface area contributed by atoms with Crippen molar-refractivity contribution in [2.45, 2.75) is 33.1 Å². The van der Waals surface area contributed by atoms with E-state index in [1.54, 1.807) is 7.05 Å². The number of fused-ring (bicyclic) bond motifs is 1.